The summed E-state index contributed by atoms with van der Waals surface area (Å²) in [5.41, 5.74) is 2.46. The zero-order valence-corrected chi connectivity index (χ0v) is 17.3. The molecule has 0 aromatic heterocycles. The summed E-state index contributed by atoms with van der Waals surface area (Å²) in [6.07, 6.45) is 10.5. The number of unbranched alkanes of at least 4 members (excludes halogenated alkanes) is 1. The van der Waals surface area contributed by atoms with Gasteiger partial charge < -0.3 is 15.1 Å². The summed E-state index contributed by atoms with van der Waals surface area (Å²) in [6, 6.07) is 7.27. The van der Waals surface area contributed by atoms with Crippen molar-refractivity contribution < 1.29 is 4.21 Å². The lowest BCUT2D eigenvalue weighted by Gasteiger charge is -2.24. The number of rotatable bonds is 9. The molecule has 1 aromatic rings. The Morgan fingerprint density at radius 1 is 1.19 bits per heavy atom. The molecule has 0 spiro atoms. The van der Waals surface area contributed by atoms with E-state index >= 15 is 0 Å². The Labute approximate surface area is 161 Å². The molecule has 0 radical (unpaired) electrons. The maximum absolute atomic E-state index is 12.1. The maximum atomic E-state index is 12.1. The number of nitrogens with one attached hydrogen (secondary N) is 1. The lowest BCUT2D eigenvalue weighted by molar-refractivity contribution is 0.301. The van der Waals surface area contributed by atoms with Gasteiger partial charge in [-0.25, -0.2) is 0 Å². The van der Waals surface area contributed by atoms with E-state index in [-0.39, 0.29) is 0 Å². The van der Waals surface area contributed by atoms with Gasteiger partial charge in [0.1, 0.15) is 0 Å². The van der Waals surface area contributed by atoms with E-state index in [4.69, 9.17) is 0 Å². The summed E-state index contributed by atoms with van der Waals surface area (Å²) in [7, 11) is 3.40. The molecule has 2 aliphatic rings. The van der Waals surface area contributed by atoms with E-state index in [0.29, 0.717) is 5.88 Å². The summed E-state index contributed by atoms with van der Waals surface area (Å²) in [5.74, 6) is 0.637. The average Bonchev–Trinajstić information content (AvgIpc) is 2.93. The van der Waals surface area contributed by atoms with Crippen molar-refractivity contribution >= 4 is 16.5 Å². The van der Waals surface area contributed by atoms with Crippen LogP contribution in [0, 0.1) is 0 Å². The van der Waals surface area contributed by atoms with Crippen LogP contribution in [0.1, 0.15) is 50.5 Å². The van der Waals surface area contributed by atoms with E-state index in [1.54, 1.807) is 0 Å². The molecule has 1 unspecified atom stereocenters. The van der Waals surface area contributed by atoms with Crippen LogP contribution in [0.4, 0.5) is 5.69 Å². The Kier molecular flexibility index (Phi) is 7.52. The van der Waals surface area contributed by atoms with Gasteiger partial charge in [-0.1, -0.05) is 25.3 Å². The molecule has 5 heteroatoms. The minimum Gasteiger partial charge on any atom is -0.361 e. The Morgan fingerprint density at radius 3 is 2.81 bits per heavy atom. The van der Waals surface area contributed by atoms with Gasteiger partial charge in [0.05, 0.1) is 27.3 Å². The number of nitrogens with zero attached hydrogens (tertiary/aromatic N) is 2. The first kappa shape index (κ1) is 19.8. The van der Waals surface area contributed by atoms with Gasteiger partial charge in [0.2, 0.25) is 0 Å². The van der Waals surface area contributed by atoms with Crippen LogP contribution in [-0.2, 0) is 17.2 Å². The van der Waals surface area contributed by atoms with Crippen molar-refractivity contribution in [1.82, 2.24) is 10.2 Å². The number of anilines is 1. The summed E-state index contributed by atoms with van der Waals surface area (Å²) >= 11 is 0. The molecule has 1 saturated carbocycles. The second-order valence-corrected chi connectivity index (χ2v) is 9.41. The molecule has 1 aliphatic carbocycles. The maximum Gasteiger partial charge on any atom is 0.0982 e. The third kappa shape index (κ3) is 5.54. The zero-order valence-electron chi connectivity index (χ0n) is 16.5. The van der Waals surface area contributed by atoms with E-state index in [1.165, 1.54) is 50.5 Å². The number of likely N-dealkylation sites (N-methyl/N-ethyl adjacent to an activating group) is 1. The van der Waals surface area contributed by atoms with Gasteiger partial charge in [0, 0.05) is 26.2 Å². The van der Waals surface area contributed by atoms with Crippen LogP contribution < -0.4 is 10.2 Å². The highest BCUT2D eigenvalue weighted by Crippen LogP contribution is 2.31. The van der Waals surface area contributed by atoms with Crippen molar-refractivity contribution in [2.75, 3.05) is 44.5 Å². The Morgan fingerprint density at radius 2 is 2.00 bits per heavy atom. The highest BCUT2D eigenvalue weighted by molar-refractivity contribution is 7.85. The van der Waals surface area contributed by atoms with E-state index in [2.05, 4.69) is 40.4 Å². The van der Waals surface area contributed by atoms with Crippen molar-refractivity contribution in [2.24, 2.45) is 0 Å². The van der Waals surface area contributed by atoms with Crippen LogP contribution in [0.25, 0.3) is 0 Å². The Hall–Kier alpha value is -0.910. The fourth-order valence-corrected chi connectivity index (χ4v) is 5.49. The molecule has 1 fully saturated rings. The van der Waals surface area contributed by atoms with Crippen molar-refractivity contribution in [3.05, 3.63) is 23.8 Å². The van der Waals surface area contributed by atoms with E-state index < -0.39 is 10.8 Å². The van der Waals surface area contributed by atoms with Gasteiger partial charge in [-0.3, -0.25) is 4.21 Å². The van der Waals surface area contributed by atoms with Crippen LogP contribution in [0.15, 0.2) is 23.1 Å². The Bertz CT molecular complexity index is 601. The quantitative estimate of drug-likeness (QED) is 0.669. The molecule has 1 aliphatic heterocycles. The highest BCUT2D eigenvalue weighted by Gasteiger charge is 2.22. The van der Waals surface area contributed by atoms with Crippen LogP contribution in [0.5, 0.6) is 0 Å². The molecule has 3 rings (SSSR count). The first-order chi connectivity index (χ1) is 12.6. The lowest BCUT2D eigenvalue weighted by atomic mass is 9.95. The average molecular weight is 378 g/mol. The monoisotopic (exact) mass is 377 g/mol. The smallest absolute Gasteiger partial charge is 0.0982 e. The van der Waals surface area contributed by atoms with Gasteiger partial charge in [-0.15, -0.1) is 0 Å². The minimum atomic E-state index is -0.848. The number of hydrogen-bond acceptors (Lipinski definition) is 4. The molecule has 4 nitrogen and oxygen atoms in total. The summed E-state index contributed by atoms with van der Waals surface area (Å²) < 4.78 is 12.1. The summed E-state index contributed by atoms with van der Waals surface area (Å²) in [5, 5.41) is 3.73. The molecular weight excluding hydrogens is 342 g/mol. The topological polar surface area (TPSA) is 35.6 Å². The Balaban J connectivity index is 1.30. The molecule has 1 aromatic carbocycles. The number of benzene rings is 1. The second kappa shape index (κ2) is 9.86. The van der Waals surface area contributed by atoms with Gasteiger partial charge in [-0.2, -0.15) is 0 Å². The molecule has 26 heavy (non-hydrogen) atoms. The van der Waals surface area contributed by atoms with Crippen LogP contribution >= 0.6 is 0 Å². The van der Waals surface area contributed by atoms with Gasteiger partial charge in [0.25, 0.3) is 0 Å². The standard InChI is InChI=1S/C21H35N3OS/c1-23(15-13-22-19-9-4-3-5-10-19)14-7-6-8-18-11-12-20-21(16-18)26(25)17-24(20)2/h11-12,16,19,22H,3-10,13-15,17H2,1-2H3. The molecule has 1 atom stereocenters. The zero-order chi connectivity index (χ0) is 18.4. The largest absolute Gasteiger partial charge is 0.361 e. The van der Waals surface area contributed by atoms with Crippen LogP contribution in [0.2, 0.25) is 0 Å². The molecule has 1 heterocycles. The van der Waals surface area contributed by atoms with Gasteiger partial charge >= 0.3 is 0 Å². The molecule has 1 N–H and O–H groups in total. The van der Waals surface area contributed by atoms with Crippen molar-refractivity contribution in [3.63, 3.8) is 0 Å². The fraction of sp³-hybridized carbons (Fsp3) is 0.714. The van der Waals surface area contributed by atoms with Crippen molar-refractivity contribution in [2.45, 2.75) is 62.3 Å². The fourth-order valence-electron chi connectivity index (χ4n) is 4.12. The predicted molar refractivity (Wildman–Crippen MR) is 111 cm³/mol. The molecule has 146 valence electrons. The SMILES string of the molecule is CN(CCCCc1ccc2c(c1)S(=O)CN2C)CCNC1CCCCC1. The van der Waals surface area contributed by atoms with Gasteiger partial charge in [0.15, 0.2) is 0 Å². The minimum absolute atomic E-state index is 0.637. The van der Waals surface area contributed by atoms with E-state index in [9.17, 15) is 4.21 Å². The van der Waals surface area contributed by atoms with Gasteiger partial charge in [-0.05, 0) is 63.4 Å². The van der Waals surface area contributed by atoms with Crippen LogP contribution in [-0.4, -0.2) is 54.8 Å². The van der Waals surface area contributed by atoms with Crippen LogP contribution in [0.3, 0.4) is 0 Å². The second-order valence-electron chi connectivity index (χ2n) is 8.02. The summed E-state index contributed by atoms with van der Waals surface area (Å²) in [6.45, 7) is 3.41. The number of aryl methyl sites for hydroxylation is 1. The molecule has 0 amide bonds. The van der Waals surface area contributed by atoms with Crippen molar-refractivity contribution in [1.29, 1.82) is 0 Å². The third-order valence-electron chi connectivity index (χ3n) is 5.78. The van der Waals surface area contributed by atoms with E-state index in [0.717, 1.165) is 42.7 Å². The highest BCUT2D eigenvalue weighted by atomic mass is 32.2. The van der Waals surface area contributed by atoms with E-state index in [1.807, 2.05) is 7.05 Å². The van der Waals surface area contributed by atoms with Crippen molar-refractivity contribution in [3.8, 4) is 0 Å². The predicted octanol–water partition coefficient (Wildman–Crippen LogP) is 3.38. The first-order valence-electron chi connectivity index (χ1n) is 10.3. The lowest BCUT2D eigenvalue weighted by Crippen LogP contribution is -2.37. The third-order valence-corrected chi connectivity index (χ3v) is 7.22. The number of fused-ring (bicyclic) bond motifs is 1. The molecule has 0 bridgehead atoms. The normalized spacial score (nSPS) is 20.7. The molecular formula is C21H35N3OS. The summed E-state index contributed by atoms with van der Waals surface area (Å²) in [4.78, 5) is 5.56. The molecule has 0 saturated heterocycles. The first-order valence-corrected chi connectivity index (χ1v) is 11.6. The number of hydrogen-bond donors (Lipinski definition) is 1.